The maximum Gasteiger partial charge on any atom is 0.472 e. The third kappa shape index (κ3) is 73.4. The molecule has 101 heavy (non-hydrogen) atoms. The number of phosphoric ester groups is 2. The lowest BCUT2D eigenvalue weighted by Crippen LogP contribution is -2.30. The van der Waals surface area contributed by atoms with E-state index in [1.807, 2.05) is 0 Å². The van der Waals surface area contributed by atoms with E-state index in [4.69, 9.17) is 37.0 Å². The third-order valence-corrected chi connectivity index (χ3v) is 21.8. The van der Waals surface area contributed by atoms with Gasteiger partial charge in [-0.25, -0.2) is 9.13 Å². The predicted octanol–water partition coefficient (Wildman–Crippen LogP) is 24.7. The summed E-state index contributed by atoms with van der Waals surface area (Å²) in [7, 11) is -9.92. The van der Waals surface area contributed by atoms with Gasteiger partial charge >= 0.3 is 39.5 Å². The lowest BCUT2D eigenvalue weighted by atomic mass is 9.99. The Morgan fingerprint density at radius 1 is 0.277 bits per heavy atom. The standard InChI is InChI=1S/C82H160O17P2/c1-7-11-13-15-17-19-21-22-23-24-25-26-27-28-29-30-35-39-43-47-55-61-67-82(87)98-77(70-92-79(84)64-58-52-45-41-38-34-32-31-33-37-40-44-50-56-62-74(5)9-3)72-96-100(88,89)94-68-76(83)69-95-101(90,91)97-73-78(71-93-80(85)65-59-53-49-48-51-57-63-75(6)10-4)99-81(86)66-60-54-46-42-36-20-18-16-14-12-8-2/h74-78,83H,7-73H2,1-6H3,(H,88,89)(H,90,91)/t74?,75?,76-,77-,78-/m1/s1. The number of hydrogen-bond donors (Lipinski definition) is 3. The molecule has 3 N–H and O–H groups in total. The van der Waals surface area contributed by atoms with E-state index in [1.54, 1.807) is 0 Å². The minimum atomic E-state index is -4.96. The Kier molecular flexibility index (Phi) is 72.2. The first-order valence-electron chi connectivity index (χ1n) is 42.6. The van der Waals surface area contributed by atoms with Gasteiger partial charge in [-0.1, -0.05) is 382 Å². The Hall–Kier alpha value is -1.94. The molecule has 0 radical (unpaired) electrons. The number of ether oxygens (including phenoxy) is 4. The van der Waals surface area contributed by atoms with Gasteiger partial charge in [-0.3, -0.25) is 37.3 Å². The molecule has 0 fully saturated rings. The van der Waals surface area contributed by atoms with Crippen LogP contribution in [0.3, 0.4) is 0 Å². The minimum absolute atomic E-state index is 0.106. The van der Waals surface area contributed by atoms with Gasteiger partial charge in [-0.15, -0.1) is 0 Å². The molecule has 0 aromatic rings. The maximum atomic E-state index is 13.1. The first-order chi connectivity index (χ1) is 48.9. The molecule has 19 heteroatoms. The van der Waals surface area contributed by atoms with Crippen molar-refractivity contribution in [2.45, 2.75) is 452 Å². The molecule has 0 rings (SSSR count). The number of esters is 4. The van der Waals surface area contributed by atoms with Gasteiger partial charge in [-0.2, -0.15) is 0 Å². The number of unbranched alkanes of at least 4 members (excludes halogenated alkanes) is 49. The second-order valence-electron chi connectivity index (χ2n) is 30.0. The molecule has 0 amide bonds. The molecule has 0 bridgehead atoms. The predicted molar refractivity (Wildman–Crippen MR) is 414 cm³/mol. The molecule has 0 heterocycles. The molecule has 600 valence electrons. The van der Waals surface area contributed by atoms with Gasteiger partial charge in [0.1, 0.15) is 19.3 Å². The van der Waals surface area contributed by atoms with Crippen LogP contribution in [0.1, 0.15) is 433 Å². The van der Waals surface area contributed by atoms with E-state index in [1.165, 1.54) is 244 Å². The number of carbonyl (C=O) groups excluding carboxylic acids is 4. The Labute approximate surface area is 619 Å². The van der Waals surface area contributed by atoms with Crippen molar-refractivity contribution in [3.8, 4) is 0 Å². The monoisotopic (exact) mass is 1480 g/mol. The SMILES string of the molecule is CCCCCCCCCCCCCCCCCCCCCCCCC(=O)O[C@H](COC(=O)CCCCCCCCCCCCCCCCC(C)CC)COP(=O)(O)OC[C@@H](O)COP(=O)(O)OC[C@@H](COC(=O)CCCCCCCCC(C)CC)OC(=O)CCCCCCCCCCCCC. The van der Waals surface area contributed by atoms with Crippen molar-refractivity contribution in [1.29, 1.82) is 0 Å². The van der Waals surface area contributed by atoms with Crippen molar-refractivity contribution in [2.24, 2.45) is 11.8 Å². The number of phosphoric acid groups is 2. The average Bonchev–Trinajstić information content (AvgIpc) is 2.16. The Bertz CT molecular complexity index is 1950. The molecule has 0 saturated heterocycles. The van der Waals surface area contributed by atoms with Crippen molar-refractivity contribution >= 4 is 39.5 Å². The van der Waals surface area contributed by atoms with E-state index in [0.717, 1.165) is 108 Å². The lowest BCUT2D eigenvalue weighted by Gasteiger charge is -2.21. The number of rotatable bonds is 81. The van der Waals surface area contributed by atoms with Gasteiger partial charge in [0.15, 0.2) is 12.2 Å². The summed E-state index contributed by atoms with van der Waals surface area (Å²) in [4.78, 5) is 73.0. The quantitative estimate of drug-likeness (QED) is 0.0222. The minimum Gasteiger partial charge on any atom is -0.462 e. The zero-order chi connectivity index (χ0) is 74.2. The molecular formula is C82H160O17P2. The van der Waals surface area contributed by atoms with Gasteiger partial charge in [-0.05, 0) is 37.5 Å². The number of carbonyl (C=O) groups is 4. The van der Waals surface area contributed by atoms with Crippen LogP contribution in [0.5, 0.6) is 0 Å². The van der Waals surface area contributed by atoms with Crippen molar-refractivity contribution in [2.75, 3.05) is 39.6 Å². The van der Waals surface area contributed by atoms with Gasteiger partial charge in [0.2, 0.25) is 0 Å². The van der Waals surface area contributed by atoms with Crippen LogP contribution in [0.15, 0.2) is 0 Å². The van der Waals surface area contributed by atoms with E-state index in [0.29, 0.717) is 25.7 Å². The Morgan fingerprint density at radius 3 is 0.703 bits per heavy atom. The molecule has 0 spiro atoms. The summed E-state index contributed by atoms with van der Waals surface area (Å²) >= 11 is 0. The van der Waals surface area contributed by atoms with Gasteiger partial charge in [0.05, 0.1) is 26.4 Å². The highest BCUT2D eigenvalue weighted by Gasteiger charge is 2.30. The smallest absolute Gasteiger partial charge is 0.462 e. The van der Waals surface area contributed by atoms with Crippen molar-refractivity contribution < 1.29 is 80.2 Å². The largest absolute Gasteiger partial charge is 0.472 e. The van der Waals surface area contributed by atoms with Crippen LogP contribution in [-0.2, 0) is 65.4 Å². The highest BCUT2D eigenvalue weighted by atomic mass is 31.2. The maximum absolute atomic E-state index is 13.1. The topological polar surface area (TPSA) is 237 Å². The average molecular weight is 1480 g/mol. The van der Waals surface area contributed by atoms with Crippen molar-refractivity contribution in [1.82, 2.24) is 0 Å². The summed E-state index contributed by atoms with van der Waals surface area (Å²) in [6, 6.07) is 0. The molecule has 4 unspecified atom stereocenters. The highest BCUT2D eigenvalue weighted by molar-refractivity contribution is 7.47. The fourth-order valence-electron chi connectivity index (χ4n) is 12.6. The molecule has 0 aliphatic rings. The molecular weight excluding hydrogens is 1320 g/mol. The van der Waals surface area contributed by atoms with Gasteiger partial charge in [0, 0.05) is 25.7 Å². The summed E-state index contributed by atoms with van der Waals surface area (Å²) in [5, 5.41) is 10.6. The normalized spacial score (nSPS) is 14.4. The molecule has 0 aromatic heterocycles. The molecule has 17 nitrogen and oxygen atoms in total. The lowest BCUT2D eigenvalue weighted by molar-refractivity contribution is -0.161. The van der Waals surface area contributed by atoms with E-state index in [-0.39, 0.29) is 25.7 Å². The van der Waals surface area contributed by atoms with E-state index >= 15 is 0 Å². The van der Waals surface area contributed by atoms with Crippen LogP contribution in [0, 0.1) is 11.8 Å². The van der Waals surface area contributed by atoms with Gasteiger partial charge < -0.3 is 33.8 Å². The van der Waals surface area contributed by atoms with Crippen LogP contribution in [0.4, 0.5) is 0 Å². The Balaban J connectivity index is 5.20. The van der Waals surface area contributed by atoms with Crippen molar-refractivity contribution in [3.05, 3.63) is 0 Å². The highest BCUT2D eigenvalue weighted by Crippen LogP contribution is 2.45. The zero-order valence-electron chi connectivity index (χ0n) is 66.2. The van der Waals surface area contributed by atoms with Crippen molar-refractivity contribution in [3.63, 3.8) is 0 Å². The number of aliphatic hydroxyl groups is 1. The van der Waals surface area contributed by atoms with Crippen LogP contribution in [-0.4, -0.2) is 96.7 Å². The van der Waals surface area contributed by atoms with Crippen LogP contribution >= 0.6 is 15.6 Å². The second-order valence-corrected chi connectivity index (χ2v) is 32.9. The third-order valence-electron chi connectivity index (χ3n) is 19.9. The van der Waals surface area contributed by atoms with E-state index in [9.17, 15) is 43.2 Å². The Morgan fingerprint density at radius 2 is 0.475 bits per heavy atom. The summed E-state index contributed by atoms with van der Waals surface area (Å²) < 4.78 is 68.7. The summed E-state index contributed by atoms with van der Waals surface area (Å²) in [5.74, 6) is -0.529. The first-order valence-corrected chi connectivity index (χ1v) is 45.6. The fourth-order valence-corrected chi connectivity index (χ4v) is 14.2. The van der Waals surface area contributed by atoms with E-state index in [2.05, 4.69) is 41.5 Å². The molecule has 7 atom stereocenters. The van der Waals surface area contributed by atoms with Gasteiger partial charge in [0.25, 0.3) is 0 Å². The summed E-state index contributed by atoms with van der Waals surface area (Å²) in [6.07, 6.45) is 63.9. The van der Waals surface area contributed by atoms with Crippen LogP contribution in [0.25, 0.3) is 0 Å². The number of aliphatic hydroxyl groups excluding tert-OH is 1. The summed E-state index contributed by atoms with van der Waals surface area (Å²) in [5.41, 5.74) is 0. The summed E-state index contributed by atoms with van der Waals surface area (Å²) in [6.45, 7) is 9.64. The van der Waals surface area contributed by atoms with Crippen LogP contribution in [0.2, 0.25) is 0 Å². The zero-order valence-corrected chi connectivity index (χ0v) is 68.0. The second kappa shape index (κ2) is 73.6. The molecule has 0 aliphatic carbocycles. The van der Waals surface area contributed by atoms with E-state index < -0.39 is 97.5 Å². The molecule has 0 saturated carbocycles. The molecule has 0 aromatic carbocycles. The number of hydrogen-bond acceptors (Lipinski definition) is 15. The molecule has 0 aliphatic heterocycles. The fraction of sp³-hybridized carbons (Fsp3) is 0.951. The first kappa shape index (κ1) is 99.1. The van der Waals surface area contributed by atoms with Crippen LogP contribution < -0.4 is 0 Å².